The maximum Gasteiger partial charge on any atom is 0.212 e. The molecule has 1 nitrogen and oxygen atoms in total. The fourth-order valence-electron chi connectivity index (χ4n) is 2.67. The standard InChI is InChI=1S/C21H22N/c1-15-10-11-21(22(4)14-15)20-13-19(16(2)12-17(20)3)18-8-6-5-7-9-18/h5-14H,1-4H3/q+1/i1D3,5D,6D,7D,8D,9D. The Morgan fingerprint density at radius 1 is 0.955 bits per heavy atom. The van der Waals surface area contributed by atoms with E-state index in [1.54, 1.807) is 29.9 Å². The molecule has 0 unspecified atom stereocenters. The second-order valence-corrected chi connectivity index (χ2v) is 5.40. The Hall–Kier alpha value is -2.41. The molecular formula is C21H22N+. The van der Waals surface area contributed by atoms with Crippen LogP contribution >= 0.6 is 0 Å². The van der Waals surface area contributed by atoms with E-state index in [4.69, 9.17) is 11.0 Å². The fourth-order valence-corrected chi connectivity index (χ4v) is 2.67. The molecule has 1 heteroatoms. The number of nitrogens with zero attached hydrogens (tertiary/aromatic N) is 1. The van der Waals surface area contributed by atoms with E-state index in [0.29, 0.717) is 5.56 Å². The highest BCUT2D eigenvalue weighted by Gasteiger charge is 2.15. The van der Waals surface area contributed by atoms with Crippen LogP contribution in [0.4, 0.5) is 0 Å². The van der Waals surface area contributed by atoms with Crippen molar-refractivity contribution >= 4 is 0 Å². The predicted octanol–water partition coefficient (Wildman–Crippen LogP) is 4.77. The smallest absolute Gasteiger partial charge is 0.201 e. The van der Waals surface area contributed by atoms with Gasteiger partial charge in [0, 0.05) is 21.3 Å². The molecule has 0 saturated carbocycles. The van der Waals surface area contributed by atoms with Crippen molar-refractivity contribution in [3.8, 4) is 22.4 Å². The maximum absolute atomic E-state index is 8.30. The van der Waals surface area contributed by atoms with Crippen LogP contribution in [0.3, 0.4) is 0 Å². The molecule has 0 bridgehead atoms. The summed E-state index contributed by atoms with van der Waals surface area (Å²) >= 11 is 0. The van der Waals surface area contributed by atoms with Crippen molar-refractivity contribution in [1.29, 1.82) is 0 Å². The number of hydrogen-bond acceptors (Lipinski definition) is 0. The summed E-state index contributed by atoms with van der Waals surface area (Å²) in [5, 5.41) is 0. The van der Waals surface area contributed by atoms with Crippen LogP contribution in [-0.4, -0.2) is 0 Å². The second-order valence-electron chi connectivity index (χ2n) is 5.40. The van der Waals surface area contributed by atoms with Gasteiger partial charge in [-0.25, -0.2) is 4.57 Å². The lowest BCUT2D eigenvalue weighted by molar-refractivity contribution is -0.660. The van der Waals surface area contributed by atoms with Gasteiger partial charge in [0.05, 0.1) is 6.85 Å². The van der Waals surface area contributed by atoms with Crippen molar-refractivity contribution in [2.24, 2.45) is 7.05 Å². The minimum Gasteiger partial charge on any atom is -0.201 e. The van der Waals surface area contributed by atoms with Crippen molar-refractivity contribution < 1.29 is 15.5 Å². The zero-order chi connectivity index (χ0) is 22.5. The van der Waals surface area contributed by atoms with Gasteiger partial charge in [-0.05, 0) is 55.1 Å². The summed E-state index contributed by atoms with van der Waals surface area (Å²) in [5.74, 6) is 0. The summed E-state index contributed by atoms with van der Waals surface area (Å²) in [6.07, 6.45) is 1.56. The molecule has 0 aliphatic heterocycles. The van der Waals surface area contributed by atoms with E-state index >= 15 is 0 Å². The molecule has 0 N–H and O–H groups in total. The average molecular weight is 296 g/mol. The summed E-state index contributed by atoms with van der Waals surface area (Å²) in [6, 6.07) is 5.33. The summed E-state index contributed by atoms with van der Waals surface area (Å²) < 4.78 is 64.9. The number of pyridine rings is 1. The number of aromatic nitrogens is 1. The van der Waals surface area contributed by atoms with Crippen molar-refractivity contribution in [1.82, 2.24) is 0 Å². The SMILES string of the molecule is [2H]c1c([2H])c([2H])c(-c2cc(-c3ccc(C([2H])([2H])[2H])c[n+]3C)c(C)cc2C)c([2H])c1[2H]. The molecule has 0 aliphatic rings. The van der Waals surface area contributed by atoms with Gasteiger partial charge in [-0.1, -0.05) is 36.3 Å². The lowest BCUT2D eigenvalue weighted by Gasteiger charge is -2.12. The van der Waals surface area contributed by atoms with Crippen molar-refractivity contribution in [3.05, 3.63) is 77.4 Å². The molecule has 1 heterocycles. The van der Waals surface area contributed by atoms with Gasteiger partial charge in [0.2, 0.25) is 5.69 Å². The highest BCUT2D eigenvalue weighted by Crippen LogP contribution is 2.30. The van der Waals surface area contributed by atoms with E-state index in [-0.39, 0.29) is 35.3 Å². The molecule has 0 radical (unpaired) electrons. The zero-order valence-electron chi connectivity index (χ0n) is 20.8. The lowest BCUT2D eigenvalue weighted by Crippen LogP contribution is -2.31. The normalized spacial score (nSPS) is 16.5. The maximum atomic E-state index is 8.30. The molecule has 0 amide bonds. The van der Waals surface area contributed by atoms with E-state index in [1.165, 1.54) is 0 Å². The summed E-state index contributed by atoms with van der Waals surface area (Å²) in [5.41, 5.74) is 4.20. The summed E-state index contributed by atoms with van der Waals surface area (Å²) in [4.78, 5) is 0. The highest BCUT2D eigenvalue weighted by atomic mass is 14.9. The topological polar surface area (TPSA) is 3.88 Å². The first-order valence-electron chi connectivity index (χ1n) is 11.0. The molecule has 1 aromatic heterocycles. The molecule has 22 heavy (non-hydrogen) atoms. The largest absolute Gasteiger partial charge is 0.212 e. The van der Waals surface area contributed by atoms with Gasteiger partial charge < -0.3 is 0 Å². The van der Waals surface area contributed by atoms with Gasteiger partial charge in [0.25, 0.3) is 0 Å². The van der Waals surface area contributed by atoms with Crippen LogP contribution in [0.15, 0.2) is 60.7 Å². The van der Waals surface area contributed by atoms with E-state index < -0.39 is 12.9 Å². The van der Waals surface area contributed by atoms with Crippen molar-refractivity contribution in [2.75, 3.05) is 0 Å². The Bertz CT molecular complexity index is 1140. The third-order valence-electron chi connectivity index (χ3n) is 3.75. The van der Waals surface area contributed by atoms with Gasteiger partial charge in [-0.2, -0.15) is 0 Å². The van der Waals surface area contributed by atoms with Gasteiger partial charge in [-0.3, -0.25) is 0 Å². The predicted molar refractivity (Wildman–Crippen MR) is 92.7 cm³/mol. The van der Waals surface area contributed by atoms with Crippen LogP contribution in [0.2, 0.25) is 0 Å². The zero-order valence-corrected chi connectivity index (χ0v) is 12.8. The fraction of sp³-hybridized carbons (Fsp3) is 0.190. The van der Waals surface area contributed by atoms with E-state index in [2.05, 4.69) is 0 Å². The number of benzene rings is 2. The first-order chi connectivity index (χ1) is 13.8. The van der Waals surface area contributed by atoms with Crippen LogP contribution in [-0.2, 0) is 7.05 Å². The Balaban J connectivity index is 2.28. The number of hydrogen-bond donors (Lipinski definition) is 0. The Labute approximate surface area is 144 Å². The monoisotopic (exact) mass is 296 g/mol. The van der Waals surface area contributed by atoms with Crippen LogP contribution in [0, 0.1) is 20.7 Å². The molecule has 3 aromatic rings. The molecule has 0 spiro atoms. The quantitative estimate of drug-likeness (QED) is 0.600. The highest BCUT2D eigenvalue weighted by molar-refractivity contribution is 5.75. The molecule has 2 aromatic carbocycles. The minimum absolute atomic E-state index is 0.154. The van der Waals surface area contributed by atoms with Crippen LogP contribution in [0.25, 0.3) is 22.4 Å². The Morgan fingerprint density at radius 2 is 1.68 bits per heavy atom. The van der Waals surface area contributed by atoms with E-state index in [1.807, 2.05) is 26.0 Å². The van der Waals surface area contributed by atoms with Gasteiger partial charge in [0.15, 0.2) is 6.20 Å². The number of rotatable bonds is 2. The first kappa shape index (κ1) is 7.73. The summed E-state index contributed by atoms with van der Waals surface area (Å²) in [6.45, 7) is 1.55. The van der Waals surface area contributed by atoms with Gasteiger partial charge in [0.1, 0.15) is 7.05 Å². The Kier molecular flexibility index (Phi) is 2.03. The third-order valence-corrected chi connectivity index (χ3v) is 3.75. The molecular weight excluding hydrogens is 266 g/mol. The molecule has 3 rings (SSSR count). The van der Waals surface area contributed by atoms with Crippen LogP contribution in [0.5, 0.6) is 0 Å². The second kappa shape index (κ2) is 5.76. The van der Waals surface area contributed by atoms with Gasteiger partial charge >= 0.3 is 0 Å². The van der Waals surface area contributed by atoms with Crippen molar-refractivity contribution in [3.63, 3.8) is 0 Å². The van der Waals surface area contributed by atoms with Crippen molar-refractivity contribution in [2.45, 2.75) is 20.7 Å². The minimum atomic E-state index is -2.21. The molecule has 0 atom stereocenters. The summed E-state index contributed by atoms with van der Waals surface area (Å²) in [7, 11) is 1.76. The Morgan fingerprint density at radius 3 is 2.36 bits per heavy atom. The number of aryl methyl sites for hydroxylation is 4. The van der Waals surface area contributed by atoms with E-state index in [0.717, 1.165) is 22.4 Å². The van der Waals surface area contributed by atoms with Crippen LogP contribution in [0.1, 0.15) is 27.7 Å². The molecule has 110 valence electrons. The first-order valence-corrected chi connectivity index (χ1v) is 7.03. The van der Waals surface area contributed by atoms with Gasteiger partial charge in [-0.15, -0.1) is 0 Å². The molecule has 0 aliphatic carbocycles. The van der Waals surface area contributed by atoms with Crippen LogP contribution < -0.4 is 4.57 Å². The molecule has 0 saturated heterocycles. The van der Waals surface area contributed by atoms with E-state index in [9.17, 15) is 0 Å². The lowest BCUT2D eigenvalue weighted by atomic mass is 9.93. The molecule has 0 fully saturated rings. The average Bonchev–Trinajstić information content (AvgIpc) is 2.66. The third kappa shape index (κ3) is 2.67.